The first-order valence-electron chi connectivity index (χ1n) is 3.96. The molecule has 1 aromatic rings. The molecule has 0 radical (unpaired) electrons. The van der Waals surface area contributed by atoms with Crippen LogP contribution in [0.15, 0.2) is 4.90 Å². The van der Waals surface area contributed by atoms with Crippen LogP contribution in [-0.2, 0) is 9.84 Å². The molecule has 0 aromatic heterocycles. The fourth-order valence-corrected chi connectivity index (χ4v) is 3.35. The number of sulfone groups is 1. The number of nitriles is 2. The van der Waals surface area contributed by atoms with Crippen LogP contribution in [-0.4, -0.2) is 14.7 Å². The summed E-state index contributed by atoms with van der Waals surface area (Å²) in [4.78, 5) is -0.479. The SMILES string of the molecule is CS(=O)(=O)c1c(Cl)c(C#N)c(Cl)c(Cl)c1C#N. The third kappa shape index (κ3) is 2.34. The number of hydrogen-bond donors (Lipinski definition) is 0. The molecule has 0 spiro atoms. The van der Waals surface area contributed by atoms with Crippen LogP contribution in [0.25, 0.3) is 0 Å². The Balaban J connectivity index is 4.05. The number of hydrogen-bond acceptors (Lipinski definition) is 4. The van der Waals surface area contributed by atoms with Gasteiger partial charge in [0.05, 0.1) is 26.2 Å². The van der Waals surface area contributed by atoms with Gasteiger partial charge in [0.1, 0.15) is 17.0 Å². The van der Waals surface area contributed by atoms with Gasteiger partial charge >= 0.3 is 0 Å². The van der Waals surface area contributed by atoms with E-state index in [0.717, 1.165) is 6.26 Å². The minimum atomic E-state index is -3.80. The molecule has 0 unspecified atom stereocenters. The maximum Gasteiger partial charge on any atom is 0.178 e. The summed E-state index contributed by atoms with van der Waals surface area (Å²) in [5.74, 6) is 0. The first-order chi connectivity index (χ1) is 7.75. The van der Waals surface area contributed by atoms with Crippen LogP contribution in [0.1, 0.15) is 11.1 Å². The number of benzene rings is 1. The molecular weight excluding hydrogens is 307 g/mol. The lowest BCUT2D eigenvalue weighted by molar-refractivity contribution is 0.601. The number of nitrogens with zero attached hydrogens (tertiary/aromatic N) is 2. The Morgan fingerprint density at radius 3 is 1.71 bits per heavy atom. The molecule has 4 nitrogen and oxygen atoms in total. The summed E-state index contributed by atoms with van der Waals surface area (Å²) >= 11 is 17.2. The monoisotopic (exact) mass is 308 g/mol. The summed E-state index contributed by atoms with van der Waals surface area (Å²) in [5, 5.41) is 16.8. The molecule has 1 rings (SSSR count). The topological polar surface area (TPSA) is 81.7 Å². The molecule has 8 heteroatoms. The Labute approximate surface area is 113 Å². The van der Waals surface area contributed by atoms with E-state index >= 15 is 0 Å². The van der Waals surface area contributed by atoms with Gasteiger partial charge in [0.15, 0.2) is 9.84 Å². The zero-order valence-corrected chi connectivity index (χ0v) is 11.3. The summed E-state index contributed by atoms with van der Waals surface area (Å²) in [6, 6.07) is 3.26. The largest absolute Gasteiger partial charge is 0.224 e. The lowest BCUT2D eigenvalue weighted by Gasteiger charge is -2.09. The van der Waals surface area contributed by atoms with Crippen LogP contribution in [0, 0.1) is 22.7 Å². The fourth-order valence-electron chi connectivity index (χ4n) is 1.18. The molecule has 0 aliphatic carbocycles. The molecule has 0 aliphatic rings. The Hall–Kier alpha value is -0.980. The first kappa shape index (κ1) is 14.1. The van der Waals surface area contributed by atoms with Gasteiger partial charge in [-0.2, -0.15) is 10.5 Å². The van der Waals surface area contributed by atoms with Crippen LogP contribution < -0.4 is 0 Å². The van der Waals surface area contributed by atoms with Gasteiger partial charge in [-0.05, 0) is 0 Å². The van der Waals surface area contributed by atoms with Crippen LogP contribution >= 0.6 is 34.8 Å². The predicted molar refractivity (Wildman–Crippen MR) is 64.0 cm³/mol. The lowest BCUT2D eigenvalue weighted by atomic mass is 10.1. The van der Waals surface area contributed by atoms with E-state index in [0.29, 0.717) is 0 Å². The van der Waals surface area contributed by atoms with E-state index in [1.165, 1.54) is 0 Å². The van der Waals surface area contributed by atoms with Crippen molar-refractivity contribution in [3.8, 4) is 12.1 Å². The maximum atomic E-state index is 11.5. The Bertz CT molecular complexity index is 684. The maximum absolute atomic E-state index is 11.5. The van der Waals surface area contributed by atoms with E-state index in [1.54, 1.807) is 12.1 Å². The highest BCUT2D eigenvalue weighted by atomic mass is 35.5. The zero-order valence-electron chi connectivity index (χ0n) is 8.25. The molecule has 0 fully saturated rings. The number of rotatable bonds is 1. The Kier molecular flexibility index (Phi) is 3.91. The molecule has 0 N–H and O–H groups in total. The summed E-state index contributed by atoms with van der Waals surface area (Å²) in [7, 11) is -3.80. The van der Waals surface area contributed by atoms with E-state index in [-0.39, 0.29) is 26.2 Å². The van der Waals surface area contributed by atoms with Gasteiger partial charge in [-0.1, -0.05) is 34.8 Å². The van der Waals surface area contributed by atoms with Crippen molar-refractivity contribution in [2.45, 2.75) is 4.90 Å². The second-order valence-electron chi connectivity index (χ2n) is 3.02. The molecule has 17 heavy (non-hydrogen) atoms. The minimum absolute atomic E-state index is 0.233. The van der Waals surface area contributed by atoms with Crippen molar-refractivity contribution in [1.82, 2.24) is 0 Å². The molecule has 0 atom stereocenters. The van der Waals surface area contributed by atoms with Crippen molar-refractivity contribution in [1.29, 1.82) is 10.5 Å². The molecule has 1 aromatic carbocycles. The van der Waals surface area contributed by atoms with Gasteiger partial charge in [-0.15, -0.1) is 0 Å². The fraction of sp³-hybridized carbons (Fsp3) is 0.111. The summed E-state index contributed by atoms with van der Waals surface area (Å²) in [6.45, 7) is 0. The lowest BCUT2D eigenvalue weighted by Crippen LogP contribution is -2.04. The predicted octanol–water partition coefficient (Wildman–Crippen LogP) is 2.79. The van der Waals surface area contributed by atoms with E-state index < -0.39 is 14.7 Å². The average molecular weight is 310 g/mol. The molecule has 0 saturated heterocycles. The van der Waals surface area contributed by atoms with Gasteiger partial charge in [0, 0.05) is 6.26 Å². The van der Waals surface area contributed by atoms with E-state index in [2.05, 4.69) is 0 Å². The summed E-state index contributed by atoms with van der Waals surface area (Å²) in [5.41, 5.74) is -0.624. The highest BCUT2D eigenvalue weighted by molar-refractivity contribution is 7.90. The van der Waals surface area contributed by atoms with Crippen molar-refractivity contribution in [2.75, 3.05) is 6.26 Å². The molecule has 88 valence electrons. The average Bonchev–Trinajstić information content (AvgIpc) is 2.22. The van der Waals surface area contributed by atoms with Crippen molar-refractivity contribution in [3.63, 3.8) is 0 Å². The van der Waals surface area contributed by atoms with Crippen LogP contribution in [0.5, 0.6) is 0 Å². The normalized spacial score (nSPS) is 10.7. The second kappa shape index (κ2) is 4.72. The molecule has 0 amide bonds. The second-order valence-corrected chi connectivity index (χ2v) is 6.10. The van der Waals surface area contributed by atoms with Crippen LogP contribution in [0.4, 0.5) is 0 Å². The smallest absolute Gasteiger partial charge is 0.178 e. The van der Waals surface area contributed by atoms with Gasteiger partial charge in [0.2, 0.25) is 0 Å². The van der Waals surface area contributed by atoms with Crippen molar-refractivity contribution in [2.24, 2.45) is 0 Å². The molecule has 0 heterocycles. The van der Waals surface area contributed by atoms with E-state index in [1.807, 2.05) is 0 Å². The van der Waals surface area contributed by atoms with Crippen molar-refractivity contribution < 1.29 is 8.42 Å². The highest BCUT2D eigenvalue weighted by Gasteiger charge is 2.27. The molecule has 0 bridgehead atoms. The highest BCUT2D eigenvalue weighted by Crippen LogP contribution is 2.39. The molecule has 0 saturated carbocycles. The van der Waals surface area contributed by atoms with E-state index in [4.69, 9.17) is 45.3 Å². The van der Waals surface area contributed by atoms with Crippen molar-refractivity contribution >= 4 is 44.6 Å². The summed E-state index contributed by atoms with van der Waals surface area (Å²) < 4.78 is 23.0. The quantitative estimate of drug-likeness (QED) is 0.747. The van der Waals surface area contributed by atoms with Crippen LogP contribution in [0.2, 0.25) is 15.1 Å². The standard InChI is InChI=1S/C9H3Cl3N2O2S/c1-17(15,16)9-5(3-14)7(11)6(10)4(2-13)8(9)12/h1H3. The first-order valence-corrected chi connectivity index (χ1v) is 6.99. The molecule has 0 aliphatic heterocycles. The zero-order chi connectivity index (χ0) is 13.4. The molecular formula is C9H3Cl3N2O2S. The van der Waals surface area contributed by atoms with Crippen molar-refractivity contribution in [3.05, 3.63) is 26.2 Å². The Morgan fingerprint density at radius 1 is 0.941 bits per heavy atom. The Morgan fingerprint density at radius 2 is 1.35 bits per heavy atom. The van der Waals surface area contributed by atoms with Gasteiger partial charge in [0.25, 0.3) is 0 Å². The number of halogens is 3. The minimum Gasteiger partial charge on any atom is -0.224 e. The third-order valence-corrected chi connectivity index (χ3v) is 4.36. The van der Waals surface area contributed by atoms with Crippen LogP contribution in [0.3, 0.4) is 0 Å². The van der Waals surface area contributed by atoms with Gasteiger partial charge in [-0.25, -0.2) is 8.42 Å². The van der Waals surface area contributed by atoms with Gasteiger partial charge in [-0.3, -0.25) is 0 Å². The summed E-state index contributed by atoms with van der Waals surface area (Å²) in [6.07, 6.45) is 0.862. The van der Waals surface area contributed by atoms with E-state index in [9.17, 15) is 8.42 Å². The van der Waals surface area contributed by atoms with Gasteiger partial charge < -0.3 is 0 Å². The third-order valence-electron chi connectivity index (χ3n) is 1.87.